The van der Waals surface area contributed by atoms with E-state index in [-0.39, 0.29) is 6.03 Å². The Kier molecular flexibility index (Phi) is 5.07. The van der Waals surface area contributed by atoms with Gasteiger partial charge in [0.05, 0.1) is 12.7 Å². The van der Waals surface area contributed by atoms with Gasteiger partial charge in [0.2, 0.25) is 0 Å². The van der Waals surface area contributed by atoms with Crippen molar-refractivity contribution in [2.45, 2.75) is 31.8 Å². The number of carbonyl (C=O) groups is 1. The molecule has 2 amide bonds. The quantitative estimate of drug-likeness (QED) is 0.707. The summed E-state index contributed by atoms with van der Waals surface area (Å²) in [6.07, 6.45) is 4.57. The monoisotopic (exact) mass is 242 g/mol. The van der Waals surface area contributed by atoms with Gasteiger partial charge in [-0.25, -0.2) is 4.79 Å². The van der Waals surface area contributed by atoms with Crippen molar-refractivity contribution in [2.75, 3.05) is 39.5 Å². The second-order valence-corrected chi connectivity index (χ2v) is 4.64. The fourth-order valence-corrected chi connectivity index (χ4v) is 1.99. The van der Waals surface area contributed by atoms with Crippen molar-refractivity contribution < 1.29 is 14.3 Å². The van der Waals surface area contributed by atoms with E-state index >= 15 is 0 Å². The summed E-state index contributed by atoms with van der Waals surface area (Å²) in [5, 5.41) is 2.89. The first kappa shape index (κ1) is 12.6. The van der Waals surface area contributed by atoms with Gasteiger partial charge in [0, 0.05) is 32.8 Å². The third-order valence-corrected chi connectivity index (χ3v) is 3.21. The van der Waals surface area contributed by atoms with Gasteiger partial charge in [-0.15, -0.1) is 0 Å². The fraction of sp³-hybridized carbons (Fsp3) is 0.917. The molecule has 2 aliphatic rings. The highest BCUT2D eigenvalue weighted by atomic mass is 16.5. The third-order valence-electron chi connectivity index (χ3n) is 3.21. The number of hydrogen-bond acceptors (Lipinski definition) is 3. The number of ether oxygens (including phenoxy) is 2. The molecule has 2 fully saturated rings. The highest BCUT2D eigenvalue weighted by Gasteiger charge is 2.19. The summed E-state index contributed by atoms with van der Waals surface area (Å²) in [7, 11) is 0. The summed E-state index contributed by atoms with van der Waals surface area (Å²) in [6, 6.07) is 0.0652. The van der Waals surface area contributed by atoms with Crippen LogP contribution in [-0.2, 0) is 9.47 Å². The number of amides is 2. The maximum absolute atomic E-state index is 11.4. The Bertz CT molecular complexity index is 238. The van der Waals surface area contributed by atoms with Gasteiger partial charge in [-0.05, 0) is 25.7 Å². The van der Waals surface area contributed by atoms with Crippen molar-refractivity contribution in [1.82, 2.24) is 10.2 Å². The zero-order valence-electron chi connectivity index (χ0n) is 10.3. The van der Waals surface area contributed by atoms with Crippen molar-refractivity contribution >= 4 is 6.03 Å². The number of nitrogens with zero attached hydrogens (tertiary/aromatic N) is 1. The lowest BCUT2D eigenvalue weighted by Crippen LogP contribution is -2.48. The third kappa shape index (κ3) is 4.16. The number of carbonyl (C=O) groups excluding carboxylic acids is 1. The lowest BCUT2D eigenvalue weighted by Gasteiger charge is -2.30. The van der Waals surface area contributed by atoms with Gasteiger partial charge in [-0.3, -0.25) is 0 Å². The molecule has 2 saturated heterocycles. The first-order valence-electron chi connectivity index (χ1n) is 6.58. The number of hydrogen-bond donors (Lipinski definition) is 1. The largest absolute Gasteiger partial charge is 0.379 e. The first-order chi connectivity index (χ1) is 8.36. The summed E-state index contributed by atoms with van der Waals surface area (Å²) in [4.78, 5) is 13.2. The SMILES string of the molecule is O=C(NCCCOCC1CCCO1)N1CCC1. The summed E-state index contributed by atoms with van der Waals surface area (Å²) in [5.74, 6) is 0. The molecule has 0 radical (unpaired) electrons. The smallest absolute Gasteiger partial charge is 0.317 e. The van der Waals surface area contributed by atoms with Gasteiger partial charge in [0.1, 0.15) is 0 Å². The van der Waals surface area contributed by atoms with E-state index in [1.165, 1.54) is 0 Å². The zero-order valence-corrected chi connectivity index (χ0v) is 10.3. The summed E-state index contributed by atoms with van der Waals surface area (Å²) >= 11 is 0. The Morgan fingerprint density at radius 3 is 2.94 bits per heavy atom. The molecule has 2 aliphatic heterocycles. The Labute approximate surface area is 102 Å². The van der Waals surface area contributed by atoms with E-state index < -0.39 is 0 Å². The lowest BCUT2D eigenvalue weighted by atomic mass is 10.2. The molecule has 0 saturated carbocycles. The van der Waals surface area contributed by atoms with Crippen LogP contribution in [0.2, 0.25) is 0 Å². The van der Waals surface area contributed by atoms with Crippen LogP contribution in [-0.4, -0.2) is 56.5 Å². The molecule has 0 aromatic carbocycles. The van der Waals surface area contributed by atoms with Crippen molar-refractivity contribution in [3.8, 4) is 0 Å². The van der Waals surface area contributed by atoms with E-state index in [0.29, 0.717) is 25.9 Å². The van der Waals surface area contributed by atoms with Crippen LogP contribution >= 0.6 is 0 Å². The molecule has 5 heteroatoms. The van der Waals surface area contributed by atoms with Gasteiger partial charge in [-0.1, -0.05) is 0 Å². The molecule has 1 atom stereocenters. The molecule has 2 heterocycles. The Balaban J connectivity index is 1.39. The predicted molar refractivity (Wildman–Crippen MR) is 64.0 cm³/mol. The predicted octanol–water partition coefficient (Wildman–Crippen LogP) is 0.987. The number of nitrogens with one attached hydrogen (secondary N) is 1. The van der Waals surface area contributed by atoms with Gasteiger partial charge in [0.25, 0.3) is 0 Å². The summed E-state index contributed by atoms with van der Waals surface area (Å²) in [5.41, 5.74) is 0. The maximum Gasteiger partial charge on any atom is 0.317 e. The number of likely N-dealkylation sites (tertiary alicyclic amines) is 1. The normalized spacial score (nSPS) is 23.5. The Morgan fingerprint density at radius 1 is 1.41 bits per heavy atom. The second kappa shape index (κ2) is 6.81. The molecular weight excluding hydrogens is 220 g/mol. The first-order valence-corrected chi connectivity index (χ1v) is 6.58. The number of urea groups is 1. The van der Waals surface area contributed by atoms with E-state index in [2.05, 4.69) is 5.32 Å². The van der Waals surface area contributed by atoms with Crippen LogP contribution in [0.1, 0.15) is 25.7 Å². The molecule has 0 aromatic rings. The highest BCUT2D eigenvalue weighted by Crippen LogP contribution is 2.11. The van der Waals surface area contributed by atoms with E-state index in [4.69, 9.17) is 9.47 Å². The van der Waals surface area contributed by atoms with Crippen molar-refractivity contribution in [2.24, 2.45) is 0 Å². The minimum absolute atomic E-state index is 0.0652. The summed E-state index contributed by atoms with van der Waals surface area (Å²) < 4.78 is 11.0. The minimum Gasteiger partial charge on any atom is -0.379 e. The van der Waals surface area contributed by atoms with Gasteiger partial charge in [0.15, 0.2) is 0 Å². The van der Waals surface area contributed by atoms with Crippen molar-refractivity contribution in [3.05, 3.63) is 0 Å². The molecule has 0 spiro atoms. The zero-order chi connectivity index (χ0) is 11.9. The van der Waals surface area contributed by atoms with Crippen LogP contribution in [0.4, 0.5) is 4.79 Å². The van der Waals surface area contributed by atoms with E-state index in [1.54, 1.807) is 0 Å². The Morgan fingerprint density at radius 2 is 2.29 bits per heavy atom. The molecule has 17 heavy (non-hydrogen) atoms. The average Bonchev–Trinajstić information content (AvgIpc) is 2.73. The second-order valence-electron chi connectivity index (χ2n) is 4.64. The maximum atomic E-state index is 11.4. The Hall–Kier alpha value is -0.810. The van der Waals surface area contributed by atoms with Gasteiger partial charge in [-0.2, -0.15) is 0 Å². The van der Waals surface area contributed by atoms with Crippen molar-refractivity contribution in [3.63, 3.8) is 0 Å². The van der Waals surface area contributed by atoms with Crippen molar-refractivity contribution in [1.29, 1.82) is 0 Å². The molecule has 2 rings (SSSR count). The molecule has 0 aromatic heterocycles. The average molecular weight is 242 g/mol. The van der Waals surface area contributed by atoms with Crippen LogP contribution in [0.3, 0.4) is 0 Å². The topological polar surface area (TPSA) is 50.8 Å². The van der Waals surface area contributed by atoms with E-state index in [9.17, 15) is 4.79 Å². The molecule has 98 valence electrons. The van der Waals surface area contributed by atoms with E-state index in [0.717, 1.165) is 45.4 Å². The summed E-state index contributed by atoms with van der Waals surface area (Å²) in [6.45, 7) is 4.77. The van der Waals surface area contributed by atoms with Crippen LogP contribution in [0, 0.1) is 0 Å². The molecule has 0 aliphatic carbocycles. The molecule has 1 N–H and O–H groups in total. The standard InChI is InChI=1S/C12H22N2O3/c15-12(14-6-3-7-14)13-5-2-8-16-10-11-4-1-9-17-11/h11H,1-10H2,(H,13,15). The fourth-order valence-electron chi connectivity index (χ4n) is 1.99. The molecule has 5 nitrogen and oxygen atoms in total. The van der Waals surface area contributed by atoms with Crippen LogP contribution in [0.25, 0.3) is 0 Å². The molecular formula is C12H22N2O3. The van der Waals surface area contributed by atoms with Crippen LogP contribution < -0.4 is 5.32 Å². The van der Waals surface area contributed by atoms with Gasteiger partial charge < -0.3 is 19.7 Å². The van der Waals surface area contributed by atoms with Crippen LogP contribution in [0.15, 0.2) is 0 Å². The highest BCUT2D eigenvalue weighted by molar-refractivity contribution is 5.74. The van der Waals surface area contributed by atoms with Crippen LogP contribution in [0.5, 0.6) is 0 Å². The van der Waals surface area contributed by atoms with Gasteiger partial charge >= 0.3 is 6.03 Å². The molecule has 0 bridgehead atoms. The number of rotatable bonds is 6. The minimum atomic E-state index is 0.0652. The molecule has 1 unspecified atom stereocenters. The lowest BCUT2D eigenvalue weighted by molar-refractivity contribution is 0.0167. The van der Waals surface area contributed by atoms with E-state index in [1.807, 2.05) is 4.90 Å².